The van der Waals surface area contributed by atoms with E-state index in [1.165, 1.54) is 17.8 Å². The highest BCUT2D eigenvalue weighted by atomic mass is 31.2. The van der Waals surface area contributed by atoms with Crippen LogP contribution in [0.15, 0.2) is 42.7 Å². The van der Waals surface area contributed by atoms with Gasteiger partial charge in [0.1, 0.15) is 37.2 Å². The van der Waals surface area contributed by atoms with E-state index < -0.39 is 44.0 Å². The van der Waals surface area contributed by atoms with Gasteiger partial charge in [-0.05, 0) is 37.6 Å². The van der Waals surface area contributed by atoms with Gasteiger partial charge in [0.2, 0.25) is 5.60 Å². The van der Waals surface area contributed by atoms with Crippen molar-refractivity contribution in [2.24, 2.45) is 0 Å². The lowest BCUT2D eigenvalue weighted by atomic mass is 9.92. The van der Waals surface area contributed by atoms with Crippen molar-refractivity contribution in [3.05, 3.63) is 59.5 Å². The van der Waals surface area contributed by atoms with Crippen LogP contribution >= 0.6 is 8.17 Å². The predicted octanol–water partition coefficient (Wildman–Crippen LogP) is 2.23. The lowest BCUT2D eigenvalue weighted by molar-refractivity contribution is -0.157. The van der Waals surface area contributed by atoms with Gasteiger partial charge in [-0.25, -0.2) is 14.3 Å². The van der Waals surface area contributed by atoms with Crippen molar-refractivity contribution in [3.63, 3.8) is 0 Å². The highest BCUT2D eigenvalue weighted by Gasteiger charge is 2.69. The Morgan fingerprint density at radius 2 is 2.10 bits per heavy atom. The Morgan fingerprint density at radius 3 is 2.83 bits per heavy atom. The molecule has 0 radical (unpaired) electrons. The number of aromatic nitrogens is 3. The fourth-order valence-electron chi connectivity index (χ4n) is 4.66. The third-order valence-electron chi connectivity index (χ3n) is 6.34. The summed E-state index contributed by atoms with van der Waals surface area (Å²) in [6.45, 7) is 4.14. The van der Waals surface area contributed by atoms with E-state index in [1.807, 2.05) is 0 Å². The molecule has 40 heavy (non-hydrogen) atoms. The van der Waals surface area contributed by atoms with Gasteiger partial charge in [-0.1, -0.05) is 18.2 Å². The number of carbonyl (C=O) groups is 2. The maximum Gasteiger partial charge on any atom is 0.573 e. The van der Waals surface area contributed by atoms with Crippen LogP contribution in [0.25, 0.3) is 5.52 Å². The minimum absolute atomic E-state index is 0.166. The van der Waals surface area contributed by atoms with Crippen LogP contribution in [-0.4, -0.2) is 62.5 Å². The Kier molecular flexibility index (Phi) is 7.45. The molecule has 15 heteroatoms. The van der Waals surface area contributed by atoms with Crippen LogP contribution in [0.5, 0.6) is 0 Å². The monoisotopic (exact) mass is 572 g/mol. The third-order valence-corrected chi connectivity index (χ3v) is 7.78. The van der Waals surface area contributed by atoms with Crippen LogP contribution in [0.2, 0.25) is 0 Å². The molecule has 2 fully saturated rings. The molecule has 1 aromatic carbocycles. The van der Waals surface area contributed by atoms with E-state index in [2.05, 4.69) is 16.2 Å². The first-order chi connectivity index (χ1) is 19.1. The second-order valence-corrected chi connectivity index (χ2v) is 11.1. The molecular weight excluding hydrogens is 545 g/mol. The average Bonchev–Trinajstić information content (AvgIpc) is 3.48. The van der Waals surface area contributed by atoms with Crippen LogP contribution in [0, 0.1) is 11.3 Å². The topological polar surface area (TPSA) is 190 Å². The van der Waals surface area contributed by atoms with Crippen LogP contribution < -0.4 is 5.73 Å². The fraction of sp³-hybridized carbons (Fsp3) is 0.400. The zero-order chi connectivity index (χ0) is 28.7. The van der Waals surface area contributed by atoms with Gasteiger partial charge in [0.25, 0.3) is 0 Å². The molecule has 4 heterocycles. The SMILES string of the molecule is CC(=O)O[C@@H]1[C@@H]2O[P+](O)(OCc3ccccc3C(=O)OC(C)C)OC[C@H]2O[C@@]1(C#N)c1ccc2c(N)ncnn12. The normalized spacial score (nSPS) is 27.8. The predicted molar refractivity (Wildman–Crippen MR) is 137 cm³/mol. The molecule has 210 valence electrons. The highest BCUT2D eigenvalue weighted by molar-refractivity contribution is 7.55. The molecule has 5 atom stereocenters. The summed E-state index contributed by atoms with van der Waals surface area (Å²) in [7, 11) is -4.04. The molecule has 2 saturated heterocycles. The summed E-state index contributed by atoms with van der Waals surface area (Å²) in [6, 6.07) is 11.9. The number of nitrogens with zero attached hydrogens (tertiary/aromatic N) is 4. The molecule has 2 aliphatic rings. The van der Waals surface area contributed by atoms with Crippen LogP contribution in [0.1, 0.15) is 42.4 Å². The van der Waals surface area contributed by atoms with Crippen molar-refractivity contribution < 1.29 is 42.3 Å². The Balaban J connectivity index is 1.43. The van der Waals surface area contributed by atoms with Crippen molar-refractivity contribution in [1.29, 1.82) is 5.26 Å². The molecule has 3 N–H and O–H groups in total. The lowest BCUT2D eigenvalue weighted by Gasteiger charge is -2.29. The lowest BCUT2D eigenvalue weighted by Crippen LogP contribution is -2.46. The Bertz CT molecular complexity index is 1490. The zero-order valence-electron chi connectivity index (χ0n) is 21.8. The van der Waals surface area contributed by atoms with Crippen LogP contribution in [0.4, 0.5) is 5.82 Å². The summed E-state index contributed by atoms with van der Waals surface area (Å²) >= 11 is 0. The van der Waals surface area contributed by atoms with E-state index >= 15 is 0 Å². The Labute approximate surface area is 229 Å². The second-order valence-electron chi connectivity index (χ2n) is 9.41. The number of ether oxygens (including phenoxy) is 3. The van der Waals surface area contributed by atoms with Gasteiger partial charge in [-0.3, -0.25) is 4.79 Å². The minimum Gasteiger partial charge on any atom is -0.459 e. The van der Waals surface area contributed by atoms with Gasteiger partial charge in [-0.15, -0.1) is 9.05 Å². The summed E-state index contributed by atoms with van der Waals surface area (Å²) in [6.07, 6.45) is -2.54. The van der Waals surface area contributed by atoms with Gasteiger partial charge >= 0.3 is 20.1 Å². The van der Waals surface area contributed by atoms with Gasteiger partial charge in [0, 0.05) is 6.92 Å². The number of nitrogens with two attached hydrogens (primary N) is 1. The molecule has 14 nitrogen and oxygen atoms in total. The van der Waals surface area contributed by atoms with Crippen molar-refractivity contribution in [2.75, 3.05) is 12.3 Å². The number of rotatable bonds is 7. The number of esters is 2. The van der Waals surface area contributed by atoms with Crippen molar-refractivity contribution >= 4 is 31.4 Å². The summed E-state index contributed by atoms with van der Waals surface area (Å²) < 4.78 is 35.5. The summed E-state index contributed by atoms with van der Waals surface area (Å²) in [4.78, 5) is 39.8. The molecule has 1 unspecified atom stereocenters. The number of nitrogen functional groups attached to an aromatic ring is 1. The van der Waals surface area contributed by atoms with Gasteiger partial charge in [-0.2, -0.15) is 19.8 Å². The average molecular weight is 572 g/mol. The standard InChI is InChI=1S/C25H27N5O9P/c1-14(2)36-24(32)17-7-5-4-6-16(17)10-34-40(33)35-11-19-21(39-40)22(37-15(3)31)25(12-26,38-19)20-9-8-18-23(27)28-13-29-30(18)20/h4-9,13-14,19,21-22,33H,10-11H2,1-3H3,(H2,27,28,29)/q+1/t19-,21-,22-,25+,40?/m1/s1. The number of nitriles is 1. The molecule has 3 aromatic rings. The fourth-order valence-corrected chi connectivity index (χ4v) is 6.05. The van der Waals surface area contributed by atoms with E-state index in [4.69, 9.17) is 33.5 Å². The smallest absolute Gasteiger partial charge is 0.459 e. The van der Waals surface area contributed by atoms with Crippen molar-refractivity contribution in [1.82, 2.24) is 14.6 Å². The number of fused-ring (bicyclic) bond motifs is 2. The molecule has 0 bridgehead atoms. The first-order valence-corrected chi connectivity index (χ1v) is 13.8. The maximum absolute atomic E-state index is 12.5. The van der Waals surface area contributed by atoms with E-state index in [1.54, 1.807) is 50.2 Å². The largest absolute Gasteiger partial charge is 0.573 e. The van der Waals surface area contributed by atoms with E-state index in [0.717, 1.165) is 0 Å². The molecule has 0 spiro atoms. The first kappa shape index (κ1) is 27.9. The van der Waals surface area contributed by atoms with Gasteiger partial charge in [0.05, 0.1) is 17.4 Å². The number of anilines is 1. The third kappa shape index (κ3) is 4.99. The highest BCUT2D eigenvalue weighted by Crippen LogP contribution is 2.65. The van der Waals surface area contributed by atoms with Crippen LogP contribution in [-0.2, 0) is 44.8 Å². The minimum atomic E-state index is -4.04. The van der Waals surface area contributed by atoms with Crippen LogP contribution in [0.3, 0.4) is 0 Å². The van der Waals surface area contributed by atoms with E-state index in [-0.39, 0.29) is 36.4 Å². The maximum atomic E-state index is 12.5. The zero-order valence-corrected chi connectivity index (χ0v) is 22.7. The molecule has 0 aliphatic carbocycles. The van der Waals surface area contributed by atoms with E-state index in [9.17, 15) is 19.7 Å². The number of carbonyl (C=O) groups excluding carboxylic acids is 2. The molecule has 2 aromatic heterocycles. The second kappa shape index (κ2) is 10.7. The Morgan fingerprint density at radius 1 is 1.32 bits per heavy atom. The summed E-state index contributed by atoms with van der Waals surface area (Å²) in [5, 5.41) is 14.6. The summed E-state index contributed by atoms with van der Waals surface area (Å²) in [5.41, 5.74) is 5.36. The van der Waals surface area contributed by atoms with Crippen molar-refractivity contribution in [2.45, 2.75) is 57.4 Å². The van der Waals surface area contributed by atoms with E-state index in [0.29, 0.717) is 11.1 Å². The number of hydrogen-bond donors (Lipinski definition) is 2. The molecule has 0 amide bonds. The first-order valence-electron chi connectivity index (χ1n) is 12.3. The molecular formula is C25H27N5O9P+. The quantitative estimate of drug-likeness (QED) is 0.310. The number of hydrogen-bond acceptors (Lipinski definition) is 13. The Hall–Kier alpha value is -3.70. The number of benzene rings is 1. The molecule has 5 rings (SSSR count). The summed E-state index contributed by atoms with van der Waals surface area (Å²) in [5.74, 6) is -1.09. The molecule has 2 aliphatic heterocycles. The van der Waals surface area contributed by atoms with Crippen molar-refractivity contribution in [3.8, 4) is 6.07 Å². The van der Waals surface area contributed by atoms with Gasteiger partial charge in [0.15, 0.2) is 18.0 Å². The van der Waals surface area contributed by atoms with Gasteiger partial charge < -0.3 is 19.9 Å². The molecule has 0 saturated carbocycles.